The number of sulfonamides is 1. The molecule has 1 aromatic carbocycles. The van der Waals surface area contributed by atoms with Gasteiger partial charge in [-0.25, -0.2) is 13.4 Å². The predicted molar refractivity (Wildman–Crippen MR) is 129 cm³/mol. The molecule has 33 heavy (non-hydrogen) atoms. The van der Waals surface area contributed by atoms with Crippen LogP contribution in [0.5, 0.6) is 5.88 Å². The van der Waals surface area contributed by atoms with Crippen molar-refractivity contribution in [3.8, 4) is 17.3 Å². The second-order valence-corrected chi connectivity index (χ2v) is 10.1. The van der Waals surface area contributed by atoms with Crippen molar-refractivity contribution in [1.29, 1.82) is 0 Å². The maximum absolute atomic E-state index is 12.5. The van der Waals surface area contributed by atoms with E-state index in [1.54, 1.807) is 10.4 Å². The smallest absolute Gasteiger partial charge is 0.233 e. The lowest BCUT2D eigenvalue weighted by molar-refractivity contribution is 0.323. The van der Waals surface area contributed by atoms with E-state index in [4.69, 9.17) is 9.72 Å². The quantitative estimate of drug-likeness (QED) is 0.533. The van der Waals surface area contributed by atoms with Gasteiger partial charge >= 0.3 is 0 Å². The zero-order chi connectivity index (χ0) is 23.4. The molecule has 0 bridgehead atoms. The van der Waals surface area contributed by atoms with E-state index in [1.807, 2.05) is 57.2 Å². The van der Waals surface area contributed by atoms with E-state index in [2.05, 4.69) is 15.5 Å². The zero-order valence-electron chi connectivity index (χ0n) is 19.2. The second-order valence-electron chi connectivity index (χ2n) is 8.02. The SMILES string of the molecule is CCCS(=O)(=O)N1CCc2c(cccc2Nc2ccc(C)c(-c3ccc(OCC)nn3)n2)C1. The van der Waals surface area contributed by atoms with Gasteiger partial charge in [-0.1, -0.05) is 25.1 Å². The number of aryl methyl sites for hydroxylation is 1. The molecule has 1 N–H and O–H groups in total. The molecule has 9 heteroatoms. The summed E-state index contributed by atoms with van der Waals surface area (Å²) in [5.74, 6) is 1.37. The van der Waals surface area contributed by atoms with Gasteiger partial charge in [0, 0.05) is 24.8 Å². The van der Waals surface area contributed by atoms with Crippen LogP contribution in [0, 0.1) is 6.92 Å². The number of anilines is 2. The van der Waals surface area contributed by atoms with Crippen molar-refractivity contribution in [2.75, 3.05) is 24.2 Å². The highest BCUT2D eigenvalue weighted by Crippen LogP contribution is 2.30. The number of nitrogens with one attached hydrogen (secondary N) is 1. The lowest BCUT2D eigenvalue weighted by Gasteiger charge is -2.29. The Morgan fingerprint density at radius 1 is 1.09 bits per heavy atom. The number of aromatic nitrogens is 3. The molecule has 0 aliphatic carbocycles. The number of rotatable bonds is 8. The minimum absolute atomic E-state index is 0.185. The Morgan fingerprint density at radius 2 is 1.94 bits per heavy atom. The van der Waals surface area contributed by atoms with Crippen molar-refractivity contribution in [2.45, 2.75) is 40.2 Å². The van der Waals surface area contributed by atoms with E-state index in [0.29, 0.717) is 49.9 Å². The van der Waals surface area contributed by atoms with Crippen molar-refractivity contribution in [2.24, 2.45) is 0 Å². The first-order valence-corrected chi connectivity index (χ1v) is 12.8. The summed E-state index contributed by atoms with van der Waals surface area (Å²) < 4.78 is 32.0. The number of nitrogens with zero attached hydrogens (tertiary/aromatic N) is 4. The molecule has 3 heterocycles. The van der Waals surface area contributed by atoms with Crippen LogP contribution in [0.2, 0.25) is 0 Å². The molecule has 0 radical (unpaired) electrons. The first-order chi connectivity index (χ1) is 15.9. The van der Waals surface area contributed by atoms with Crippen LogP contribution in [-0.4, -0.2) is 46.8 Å². The summed E-state index contributed by atoms with van der Waals surface area (Å²) >= 11 is 0. The van der Waals surface area contributed by atoms with Crippen LogP contribution >= 0.6 is 0 Å². The average Bonchev–Trinajstić information content (AvgIpc) is 2.81. The van der Waals surface area contributed by atoms with Crippen LogP contribution in [0.15, 0.2) is 42.5 Å². The molecule has 2 aromatic heterocycles. The van der Waals surface area contributed by atoms with Crippen molar-refractivity contribution >= 4 is 21.5 Å². The molecule has 1 aliphatic heterocycles. The fourth-order valence-corrected chi connectivity index (χ4v) is 5.47. The van der Waals surface area contributed by atoms with Gasteiger partial charge in [0.05, 0.1) is 18.1 Å². The highest BCUT2D eigenvalue weighted by molar-refractivity contribution is 7.89. The topological polar surface area (TPSA) is 97.3 Å². The predicted octanol–water partition coefficient (Wildman–Crippen LogP) is 4.09. The summed E-state index contributed by atoms with van der Waals surface area (Å²) in [6.07, 6.45) is 1.28. The maximum atomic E-state index is 12.5. The van der Waals surface area contributed by atoms with Crippen LogP contribution < -0.4 is 10.1 Å². The first-order valence-electron chi connectivity index (χ1n) is 11.2. The number of hydrogen-bond donors (Lipinski definition) is 1. The third-order valence-corrected chi connectivity index (χ3v) is 7.64. The number of pyridine rings is 1. The largest absolute Gasteiger partial charge is 0.477 e. The van der Waals surface area contributed by atoms with Gasteiger partial charge in [0.15, 0.2) is 0 Å². The van der Waals surface area contributed by atoms with Gasteiger partial charge in [-0.15, -0.1) is 10.2 Å². The van der Waals surface area contributed by atoms with Crippen LogP contribution in [-0.2, 0) is 23.0 Å². The summed E-state index contributed by atoms with van der Waals surface area (Å²) in [7, 11) is -3.22. The van der Waals surface area contributed by atoms with E-state index in [9.17, 15) is 8.42 Å². The van der Waals surface area contributed by atoms with E-state index in [-0.39, 0.29) is 5.75 Å². The Kier molecular flexibility index (Phi) is 6.90. The summed E-state index contributed by atoms with van der Waals surface area (Å²) in [5.41, 5.74) is 5.51. The van der Waals surface area contributed by atoms with E-state index < -0.39 is 10.0 Å². The van der Waals surface area contributed by atoms with E-state index >= 15 is 0 Å². The second kappa shape index (κ2) is 9.84. The zero-order valence-corrected chi connectivity index (χ0v) is 20.0. The summed E-state index contributed by atoms with van der Waals surface area (Å²) in [5, 5.41) is 11.8. The van der Waals surface area contributed by atoms with Crippen LogP contribution in [0.4, 0.5) is 11.5 Å². The van der Waals surface area contributed by atoms with Gasteiger partial charge in [-0.3, -0.25) is 0 Å². The number of hydrogen-bond acceptors (Lipinski definition) is 7. The third kappa shape index (κ3) is 5.15. The Hall–Kier alpha value is -3.04. The first kappa shape index (κ1) is 23.1. The molecule has 0 unspecified atom stereocenters. The van der Waals surface area contributed by atoms with Gasteiger partial charge in [0.25, 0.3) is 0 Å². The minimum Gasteiger partial charge on any atom is -0.477 e. The van der Waals surface area contributed by atoms with Crippen molar-refractivity contribution in [3.63, 3.8) is 0 Å². The molecule has 0 saturated carbocycles. The molecule has 0 saturated heterocycles. The molecule has 3 aromatic rings. The fourth-order valence-electron chi connectivity index (χ4n) is 3.99. The molecule has 1 aliphatic rings. The summed E-state index contributed by atoms with van der Waals surface area (Å²) in [4.78, 5) is 4.78. The fraction of sp³-hybridized carbons (Fsp3) is 0.375. The van der Waals surface area contributed by atoms with Gasteiger partial charge in [-0.05, 0) is 61.6 Å². The highest BCUT2D eigenvalue weighted by Gasteiger charge is 2.27. The van der Waals surface area contributed by atoms with Crippen LogP contribution in [0.25, 0.3) is 11.4 Å². The van der Waals surface area contributed by atoms with Crippen molar-refractivity contribution < 1.29 is 13.2 Å². The van der Waals surface area contributed by atoms with Gasteiger partial charge in [0.1, 0.15) is 11.5 Å². The third-order valence-electron chi connectivity index (χ3n) is 5.62. The normalized spacial score (nSPS) is 14.0. The van der Waals surface area contributed by atoms with Gasteiger partial charge in [0.2, 0.25) is 15.9 Å². The lowest BCUT2D eigenvalue weighted by Crippen LogP contribution is -2.37. The summed E-state index contributed by atoms with van der Waals surface area (Å²) in [6, 6.07) is 13.5. The molecular weight excluding hydrogens is 438 g/mol. The number of benzene rings is 1. The van der Waals surface area contributed by atoms with Crippen LogP contribution in [0.3, 0.4) is 0 Å². The Bertz CT molecular complexity index is 1230. The number of fused-ring (bicyclic) bond motifs is 1. The van der Waals surface area contributed by atoms with Crippen molar-refractivity contribution in [3.05, 3.63) is 59.2 Å². The monoisotopic (exact) mass is 467 g/mol. The Morgan fingerprint density at radius 3 is 2.67 bits per heavy atom. The van der Waals surface area contributed by atoms with Crippen LogP contribution in [0.1, 0.15) is 37.0 Å². The molecule has 0 atom stereocenters. The number of ether oxygens (including phenoxy) is 1. The lowest BCUT2D eigenvalue weighted by atomic mass is 9.99. The average molecular weight is 468 g/mol. The molecule has 174 valence electrons. The Labute approximate surface area is 195 Å². The van der Waals surface area contributed by atoms with Crippen molar-refractivity contribution in [1.82, 2.24) is 19.5 Å². The van der Waals surface area contributed by atoms with Gasteiger partial charge < -0.3 is 10.1 Å². The minimum atomic E-state index is -3.22. The van der Waals surface area contributed by atoms with E-state index in [1.165, 1.54) is 0 Å². The highest BCUT2D eigenvalue weighted by atomic mass is 32.2. The summed E-state index contributed by atoms with van der Waals surface area (Å²) in [6.45, 7) is 7.21. The molecule has 0 fully saturated rings. The molecule has 0 spiro atoms. The molecule has 4 rings (SSSR count). The molecular formula is C24H29N5O3S. The van der Waals surface area contributed by atoms with Gasteiger partial charge in [-0.2, -0.15) is 4.31 Å². The maximum Gasteiger partial charge on any atom is 0.233 e. The molecule has 0 amide bonds. The van der Waals surface area contributed by atoms with E-state index in [0.717, 1.165) is 28.1 Å². The Balaban J connectivity index is 1.58. The standard InChI is InChI=1S/C24H29N5O3S/c1-4-15-33(30,31)29-14-13-19-18(16-29)7-6-8-20(19)25-22-11-9-17(3)24(26-22)21-10-12-23(28-27-21)32-5-2/h6-12H,4-5,13-16H2,1-3H3,(H,25,26). The molecule has 8 nitrogen and oxygen atoms in total.